The van der Waals surface area contributed by atoms with Gasteiger partial charge in [0.05, 0.1) is 6.04 Å². The molecule has 1 unspecified atom stereocenters. The summed E-state index contributed by atoms with van der Waals surface area (Å²) in [4.78, 5) is 0. The van der Waals surface area contributed by atoms with Gasteiger partial charge in [0.2, 0.25) is 0 Å². The minimum absolute atomic E-state index is 0.0763. The molecule has 0 aliphatic rings. The van der Waals surface area contributed by atoms with Crippen molar-refractivity contribution in [3.8, 4) is 0 Å². The zero-order valence-corrected chi connectivity index (χ0v) is 9.81. The number of unbranched alkanes of at least 4 members (excludes halogenated alkanes) is 2. The number of rotatable bonds is 6. The topological polar surface area (TPSA) is 51.8 Å². The van der Waals surface area contributed by atoms with Gasteiger partial charge in [-0.25, -0.2) is 0 Å². The molecule has 14 heavy (non-hydrogen) atoms. The Labute approximate surface area is 89.7 Å². The van der Waals surface area contributed by atoms with Gasteiger partial charge in [0.15, 0.2) is 0 Å². The fourth-order valence-corrected chi connectivity index (χ4v) is 2.19. The second-order valence-corrected chi connectivity index (χ2v) is 4.60. The molecule has 1 atom stereocenters. The largest absolute Gasteiger partial charge is 0.322 e. The lowest BCUT2D eigenvalue weighted by Crippen LogP contribution is -2.07. The molecule has 0 aromatic carbocycles. The molecule has 4 heteroatoms. The zero-order valence-electron chi connectivity index (χ0n) is 8.99. The van der Waals surface area contributed by atoms with E-state index in [-0.39, 0.29) is 6.04 Å². The van der Waals surface area contributed by atoms with Gasteiger partial charge in [-0.2, -0.15) is 0 Å². The number of aromatic nitrogens is 2. The highest BCUT2D eigenvalue weighted by Crippen LogP contribution is 2.19. The van der Waals surface area contributed by atoms with E-state index in [0.717, 1.165) is 22.9 Å². The minimum Gasteiger partial charge on any atom is -0.322 e. The minimum atomic E-state index is 0.0763. The second-order valence-electron chi connectivity index (χ2n) is 3.51. The second kappa shape index (κ2) is 6.09. The standard InChI is InChI=1S/C10H19N3S/c1-3-5-6-7-9-12-13-10(14-9)8(11)4-2/h8H,3-7,11H2,1-2H3. The molecule has 0 spiro atoms. The molecule has 0 fully saturated rings. The number of hydrogen-bond acceptors (Lipinski definition) is 4. The molecule has 0 amide bonds. The van der Waals surface area contributed by atoms with Crippen molar-refractivity contribution in [3.05, 3.63) is 10.0 Å². The van der Waals surface area contributed by atoms with Crippen LogP contribution in [0, 0.1) is 0 Å². The van der Waals surface area contributed by atoms with Gasteiger partial charge in [-0.3, -0.25) is 0 Å². The van der Waals surface area contributed by atoms with E-state index in [9.17, 15) is 0 Å². The van der Waals surface area contributed by atoms with Gasteiger partial charge >= 0.3 is 0 Å². The molecule has 1 rings (SSSR count). The van der Waals surface area contributed by atoms with E-state index in [1.807, 2.05) is 0 Å². The highest BCUT2D eigenvalue weighted by Gasteiger charge is 2.09. The van der Waals surface area contributed by atoms with Crippen molar-refractivity contribution in [1.29, 1.82) is 0 Å². The highest BCUT2D eigenvalue weighted by atomic mass is 32.1. The quantitative estimate of drug-likeness (QED) is 0.739. The van der Waals surface area contributed by atoms with Crippen LogP contribution in [0.4, 0.5) is 0 Å². The van der Waals surface area contributed by atoms with Crippen molar-refractivity contribution < 1.29 is 0 Å². The van der Waals surface area contributed by atoms with E-state index in [1.54, 1.807) is 11.3 Å². The van der Waals surface area contributed by atoms with Gasteiger partial charge in [0.25, 0.3) is 0 Å². The van der Waals surface area contributed by atoms with Crippen molar-refractivity contribution >= 4 is 11.3 Å². The van der Waals surface area contributed by atoms with E-state index in [1.165, 1.54) is 19.3 Å². The van der Waals surface area contributed by atoms with E-state index in [4.69, 9.17) is 5.73 Å². The summed E-state index contributed by atoms with van der Waals surface area (Å²) in [6, 6.07) is 0.0763. The fraction of sp³-hybridized carbons (Fsp3) is 0.800. The van der Waals surface area contributed by atoms with Crippen LogP contribution in [0.3, 0.4) is 0 Å². The summed E-state index contributed by atoms with van der Waals surface area (Å²) in [5, 5.41) is 10.4. The maximum Gasteiger partial charge on any atom is 0.134 e. The lowest BCUT2D eigenvalue weighted by molar-refractivity contribution is 0.678. The van der Waals surface area contributed by atoms with Crippen LogP contribution in [-0.2, 0) is 6.42 Å². The van der Waals surface area contributed by atoms with E-state index in [2.05, 4.69) is 24.0 Å². The predicted octanol–water partition coefficient (Wildman–Crippen LogP) is 2.68. The SMILES string of the molecule is CCCCCc1nnc(C(N)CC)s1. The van der Waals surface area contributed by atoms with Gasteiger partial charge in [0.1, 0.15) is 10.0 Å². The Morgan fingerprint density at radius 3 is 2.71 bits per heavy atom. The molecule has 0 aliphatic heterocycles. The van der Waals surface area contributed by atoms with Crippen LogP contribution in [0.15, 0.2) is 0 Å². The molecule has 0 saturated heterocycles. The van der Waals surface area contributed by atoms with Crippen LogP contribution in [0.2, 0.25) is 0 Å². The summed E-state index contributed by atoms with van der Waals surface area (Å²) in [6.07, 6.45) is 5.73. The summed E-state index contributed by atoms with van der Waals surface area (Å²) in [5.41, 5.74) is 5.87. The molecule has 1 heterocycles. The van der Waals surface area contributed by atoms with Crippen molar-refractivity contribution in [3.63, 3.8) is 0 Å². The lowest BCUT2D eigenvalue weighted by atomic mass is 10.2. The predicted molar refractivity (Wildman–Crippen MR) is 60.4 cm³/mol. The smallest absolute Gasteiger partial charge is 0.134 e. The van der Waals surface area contributed by atoms with Crippen molar-refractivity contribution in [1.82, 2.24) is 10.2 Å². The monoisotopic (exact) mass is 213 g/mol. The molecule has 80 valence electrons. The number of hydrogen-bond donors (Lipinski definition) is 1. The molecule has 0 saturated carbocycles. The Bertz CT molecular complexity index is 260. The first-order valence-corrected chi connectivity index (χ1v) is 6.17. The Kier molecular flexibility index (Phi) is 5.04. The Morgan fingerprint density at radius 1 is 1.29 bits per heavy atom. The third kappa shape index (κ3) is 3.35. The first kappa shape index (κ1) is 11.6. The first-order chi connectivity index (χ1) is 6.77. The number of nitrogens with zero attached hydrogens (tertiary/aromatic N) is 2. The highest BCUT2D eigenvalue weighted by molar-refractivity contribution is 7.11. The molecule has 2 N–H and O–H groups in total. The van der Waals surface area contributed by atoms with Crippen molar-refractivity contribution in [2.45, 2.75) is 52.0 Å². The Morgan fingerprint density at radius 2 is 2.07 bits per heavy atom. The summed E-state index contributed by atoms with van der Waals surface area (Å²) < 4.78 is 0. The number of aryl methyl sites for hydroxylation is 1. The van der Waals surface area contributed by atoms with Gasteiger partial charge in [-0.15, -0.1) is 10.2 Å². The zero-order chi connectivity index (χ0) is 10.4. The summed E-state index contributed by atoms with van der Waals surface area (Å²) in [7, 11) is 0. The maximum atomic E-state index is 5.87. The number of nitrogens with two attached hydrogens (primary N) is 1. The van der Waals surface area contributed by atoms with Crippen molar-refractivity contribution in [2.75, 3.05) is 0 Å². The van der Waals surface area contributed by atoms with E-state index in [0.29, 0.717) is 0 Å². The normalized spacial score (nSPS) is 13.1. The molecule has 0 radical (unpaired) electrons. The average Bonchev–Trinajstić information content (AvgIpc) is 2.66. The summed E-state index contributed by atoms with van der Waals surface area (Å²) in [5.74, 6) is 0. The molecule has 0 bridgehead atoms. The van der Waals surface area contributed by atoms with Gasteiger partial charge < -0.3 is 5.73 Å². The van der Waals surface area contributed by atoms with E-state index < -0.39 is 0 Å². The van der Waals surface area contributed by atoms with Gasteiger partial charge in [-0.05, 0) is 12.8 Å². The molecule has 0 aliphatic carbocycles. The maximum absolute atomic E-state index is 5.87. The van der Waals surface area contributed by atoms with Gasteiger partial charge in [-0.1, -0.05) is 38.0 Å². The average molecular weight is 213 g/mol. The van der Waals surface area contributed by atoms with Gasteiger partial charge in [0, 0.05) is 6.42 Å². The summed E-state index contributed by atoms with van der Waals surface area (Å²) in [6.45, 7) is 4.28. The Balaban J connectivity index is 2.42. The first-order valence-electron chi connectivity index (χ1n) is 5.35. The third-order valence-corrected chi connectivity index (χ3v) is 3.35. The van der Waals surface area contributed by atoms with Crippen LogP contribution < -0.4 is 5.73 Å². The molecule has 3 nitrogen and oxygen atoms in total. The van der Waals surface area contributed by atoms with Crippen LogP contribution in [0.25, 0.3) is 0 Å². The molecular weight excluding hydrogens is 194 g/mol. The van der Waals surface area contributed by atoms with Crippen LogP contribution in [0.1, 0.15) is 55.6 Å². The fourth-order valence-electron chi connectivity index (χ4n) is 1.22. The molecule has 1 aromatic rings. The third-order valence-electron chi connectivity index (χ3n) is 2.23. The molecule has 1 aromatic heterocycles. The lowest BCUT2D eigenvalue weighted by Gasteiger charge is -2.00. The van der Waals surface area contributed by atoms with E-state index >= 15 is 0 Å². The van der Waals surface area contributed by atoms with Crippen LogP contribution >= 0.6 is 11.3 Å². The Hall–Kier alpha value is -0.480. The van der Waals surface area contributed by atoms with Crippen molar-refractivity contribution in [2.24, 2.45) is 5.73 Å². The van der Waals surface area contributed by atoms with Crippen LogP contribution in [-0.4, -0.2) is 10.2 Å². The molecular formula is C10H19N3S. The van der Waals surface area contributed by atoms with Crippen LogP contribution in [0.5, 0.6) is 0 Å². The summed E-state index contributed by atoms with van der Waals surface area (Å²) >= 11 is 1.67.